The number of fused-ring (bicyclic) bond motifs is 1. The topological polar surface area (TPSA) is 82.1 Å². The van der Waals surface area contributed by atoms with E-state index in [0.717, 1.165) is 70.0 Å². The molecule has 1 aliphatic carbocycles. The third-order valence-electron chi connectivity index (χ3n) is 6.78. The lowest BCUT2D eigenvalue weighted by atomic mass is 9.80. The molecule has 0 amide bonds. The van der Waals surface area contributed by atoms with E-state index in [-0.39, 0.29) is 17.1 Å². The molecule has 0 radical (unpaired) electrons. The van der Waals surface area contributed by atoms with Crippen molar-refractivity contribution in [3.63, 3.8) is 0 Å². The van der Waals surface area contributed by atoms with E-state index in [2.05, 4.69) is 29.2 Å². The summed E-state index contributed by atoms with van der Waals surface area (Å²) in [5.74, 6) is 0.827. The Balaban J connectivity index is 1.32. The van der Waals surface area contributed by atoms with Gasteiger partial charge in [-0.15, -0.1) is 0 Å². The van der Waals surface area contributed by atoms with Gasteiger partial charge in [0.2, 0.25) is 0 Å². The minimum atomic E-state index is -3.57. The highest BCUT2D eigenvalue weighted by Gasteiger charge is 2.42. The Morgan fingerprint density at radius 3 is 2.47 bits per heavy atom. The molecular formula is C26H33NO6S. The van der Waals surface area contributed by atoms with Crippen molar-refractivity contribution in [2.75, 3.05) is 38.0 Å². The fraction of sp³-hybridized carbons (Fsp3) is 0.500. The Morgan fingerprint density at radius 2 is 1.79 bits per heavy atom. The quantitative estimate of drug-likeness (QED) is 0.388. The van der Waals surface area contributed by atoms with Gasteiger partial charge in [0.25, 0.3) is 0 Å². The van der Waals surface area contributed by atoms with Gasteiger partial charge in [0.15, 0.2) is 0 Å². The Bertz CT molecular complexity index is 1110. The first kappa shape index (κ1) is 24.4. The van der Waals surface area contributed by atoms with Crippen LogP contribution in [0.3, 0.4) is 0 Å². The third kappa shape index (κ3) is 5.84. The number of hydrogen-bond acceptors (Lipinski definition) is 7. The predicted octanol–water partition coefficient (Wildman–Crippen LogP) is 4.13. The highest BCUT2D eigenvalue weighted by Crippen LogP contribution is 2.42. The van der Waals surface area contributed by atoms with Crippen molar-refractivity contribution in [2.24, 2.45) is 5.41 Å². The van der Waals surface area contributed by atoms with Crippen LogP contribution in [-0.2, 0) is 32.5 Å². The van der Waals surface area contributed by atoms with Crippen molar-refractivity contribution in [3.8, 4) is 11.5 Å². The summed E-state index contributed by atoms with van der Waals surface area (Å²) in [6.45, 7) is 2.20. The van der Waals surface area contributed by atoms with Gasteiger partial charge in [0.05, 0.1) is 31.0 Å². The second-order valence-corrected chi connectivity index (χ2v) is 10.9. The molecule has 4 rings (SSSR count). The van der Waals surface area contributed by atoms with Crippen molar-refractivity contribution in [2.45, 2.75) is 44.9 Å². The number of carbonyl (C=O) groups is 1. The standard InChI is InChI=1S/C26H33NO6S/c1-31-25(28)26(13-3-4-14-26)19-21-9-7-20(8-10-21)6-5-15-27-16-17-32-24-18-22(11-12-23(24)27)33-34(2,29)30/h7-12,18H,3-6,13-17,19H2,1-2H3. The maximum absolute atomic E-state index is 12.4. The van der Waals surface area contributed by atoms with Crippen LogP contribution < -0.4 is 13.8 Å². The molecule has 0 N–H and O–H groups in total. The molecule has 7 nitrogen and oxygen atoms in total. The normalized spacial score (nSPS) is 17.1. The summed E-state index contributed by atoms with van der Waals surface area (Å²) < 4.78 is 38.6. The van der Waals surface area contributed by atoms with Crippen LogP contribution in [0.25, 0.3) is 0 Å². The van der Waals surface area contributed by atoms with Crippen LogP contribution in [0.15, 0.2) is 42.5 Å². The molecule has 1 fully saturated rings. The number of anilines is 1. The van der Waals surface area contributed by atoms with Crippen molar-refractivity contribution >= 4 is 21.8 Å². The van der Waals surface area contributed by atoms with Gasteiger partial charge < -0.3 is 18.6 Å². The van der Waals surface area contributed by atoms with Gasteiger partial charge in [-0.2, -0.15) is 8.42 Å². The number of rotatable bonds is 9. The van der Waals surface area contributed by atoms with Crippen molar-refractivity contribution in [1.82, 2.24) is 0 Å². The number of ether oxygens (including phenoxy) is 2. The first-order chi connectivity index (χ1) is 16.3. The smallest absolute Gasteiger partial charge is 0.312 e. The maximum Gasteiger partial charge on any atom is 0.312 e. The van der Waals surface area contributed by atoms with E-state index >= 15 is 0 Å². The zero-order chi connectivity index (χ0) is 24.2. The molecule has 2 aromatic carbocycles. The SMILES string of the molecule is COC(=O)C1(Cc2ccc(CCCN3CCOc4cc(OS(C)(=O)=O)ccc43)cc2)CCCC1. The molecule has 2 aromatic rings. The molecule has 0 aromatic heterocycles. The summed E-state index contributed by atoms with van der Waals surface area (Å²) >= 11 is 0. The molecule has 1 saturated carbocycles. The minimum Gasteiger partial charge on any atom is -0.489 e. The molecule has 0 saturated heterocycles. The third-order valence-corrected chi connectivity index (χ3v) is 7.27. The van der Waals surface area contributed by atoms with E-state index in [1.807, 2.05) is 6.07 Å². The Kier molecular flexibility index (Phi) is 7.36. The van der Waals surface area contributed by atoms with Gasteiger partial charge in [-0.25, -0.2) is 0 Å². The fourth-order valence-corrected chi connectivity index (χ4v) is 5.58. The van der Waals surface area contributed by atoms with Crippen LogP contribution in [-0.4, -0.2) is 47.4 Å². The van der Waals surface area contributed by atoms with Crippen molar-refractivity contribution < 1.29 is 26.9 Å². The second-order valence-electron chi connectivity index (χ2n) is 9.33. The monoisotopic (exact) mass is 487 g/mol. The van der Waals surface area contributed by atoms with Crippen LogP contribution in [0.1, 0.15) is 43.2 Å². The van der Waals surface area contributed by atoms with Gasteiger partial charge in [-0.1, -0.05) is 37.1 Å². The molecule has 1 heterocycles. The highest BCUT2D eigenvalue weighted by molar-refractivity contribution is 7.86. The van der Waals surface area contributed by atoms with Crippen LogP contribution in [0, 0.1) is 5.41 Å². The summed E-state index contributed by atoms with van der Waals surface area (Å²) in [6, 6.07) is 13.8. The average Bonchev–Trinajstić information content (AvgIpc) is 3.28. The van der Waals surface area contributed by atoms with Crippen molar-refractivity contribution in [1.29, 1.82) is 0 Å². The Labute approximate surface area is 202 Å². The number of hydrogen-bond donors (Lipinski definition) is 0. The minimum absolute atomic E-state index is 0.0742. The lowest BCUT2D eigenvalue weighted by Gasteiger charge is -2.31. The zero-order valence-corrected chi connectivity index (χ0v) is 20.7. The summed E-state index contributed by atoms with van der Waals surface area (Å²) in [4.78, 5) is 14.7. The second kappa shape index (κ2) is 10.3. The summed E-state index contributed by atoms with van der Waals surface area (Å²) in [6.07, 6.45) is 7.69. The van der Waals surface area contributed by atoms with Crippen LogP contribution in [0.5, 0.6) is 11.5 Å². The van der Waals surface area contributed by atoms with Gasteiger partial charge in [-0.3, -0.25) is 4.79 Å². The van der Waals surface area contributed by atoms with Crippen LogP contribution in [0.4, 0.5) is 5.69 Å². The first-order valence-electron chi connectivity index (χ1n) is 11.9. The molecule has 34 heavy (non-hydrogen) atoms. The molecule has 2 aliphatic rings. The Morgan fingerprint density at radius 1 is 1.09 bits per heavy atom. The highest BCUT2D eigenvalue weighted by atomic mass is 32.2. The number of esters is 1. The predicted molar refractivity (Wildman–Crippen MR) is 131 cm³/mol. The molecule has 0 bridgehead atoms. The fourth-order valence-electron chi connectivity index (χ4n) is 5.13. The lowest BCUT2D eigenvalue weighted by molar-refractivity contribution is -0.152. The van der Waals surface area contributed by atoms with Crippen molar-refractivity contribution in [3.05, 3.63) is 53.6 Å². The van der Waals surface area contributed by atoms with E-state index in [9.17, 15) is 13.2 Å². The summed E-state index contributed by atoms with van der Waals surface area (Å²) in [5.41, 5.74) is 3.05. The molecule has 8 heteroatoms. The van der Waals surface area contributed by atoms with Gasteiger partial charge in [0.1, 0.15) is 18.1 Å². The number of nitrogens with zero attached hydrogens (tertiary/aromatic N) is 1. The number of aryl methyl sites for hydroxylation is 1. The van der Waals surface area contributed by atoms with E-state index in [0.29, 0.717) is 12.4 Å². The molecule has 0 unspecified atom stereocenters. The van der Waals surface area contributed by atoms with E-state index in [4.69, 9.17) is 13.7 Å². The van der Waals surface area contributed by atoms with Gasteiger partial charge >= 0.3 is 16.1 Å². The summed E-state index contributed by atoms with van der Waals surface area (Å²) in [7, 11) is -2.09. The zero-order valence-electron chi connectivity index (χ0n) is 19.9. The molecule has 184 valence electrons. The lowest BCUT2D eigenvalue weighted by Crippen LogP contribution is -2.33. The molecular weight excluding hydrogens is 454 g/mol. The van der Waals surface area contributed by atoms with E-state index in [1.165, 1.54) is 18.2 Å². The van der Waals surface area contributed by atoms with Crippen LogP contribution >= 0.6 is 0 Å². The number of methoxy groups -OCH3 is 1. The number of carbonyl (C=O) groups excluding carboxylic acids is 1. The Hall–Kier alpha value is -2.74. The molecule has 0 spiro atoms. The van der Waals surface area contributed by atoms with E-state index < -0.39 is 10.1 Å². The average molecular weight is 488 g/mol. The van der Waals surface area contributed by atoms with Gasteiger partial charge in [-0.05, 0) is 55.4 Å². The first-order valence-corrected chi connectivity index (χ1v) is 13.7. The molecule has 0 atom stereocenters. The van der Waals surface area contributed by atoms with E-state index in [1.54, 1.807) is 12.1 Å². The van der Waals surface area contributed by atoms with Crippen LogP contribution in [0.2, 0.25) is 0 Å². The summed E-state index contributed by atoms with van der Waals surface area (Å²) in [5, 5.41) is 0. The largest absolute Gasteiger partial charge is 0.489 e. The van der Waals surface area contributed by atoms with Gasteiger partial charge in [0, 0.05) is 12.6 Å². The molecule has 1 aliphatic heterocycles. The maximum atomic E-state index is 12.4. The number of benzene rings is 2.